The number of rotatable bonds is 14. The number of hydrogen-bond acceptors (Lipinski definition) is 2. The smallest absolute Gasteiger partial charge is 0.0476 e. The Kier molecular flexibility index (Phi) is 15.2. The minimum atomic E-state index is 0.240. The molecule has 1 nitrogen and oxygen atoms in total. The third-order valence-corrected chi connectivity index (χ3v) is 4.30. The van der Waals surface area contributed by atoms with Crippen molar-refractivity contribution in [1.82, 2.24) is 0 Å². The van der Waals surface area contributed by atoms with Crippen molar-refractivity contribution in [3.8, 4) is 0 Å². The van der Waals surface area contributed by atoms with Crippen molar-refractivity contribution in [3.63, 3.8) is 0 Å². The molecule has 0 aromatic heterocycles. The first-order valence-electron chi connectivity index (χ1n) is 7.72. The summed E-state index contributed by atoms with van der Waals surface area (Å²) in [6.45, 7) is 6.44. The predicted octanol–water partition coefficient (Wildman–Crippen LogP) is 5.54. The molecule has 18 heavy (non-hydrogen) atoms. The highest BCUT2D eigenvalue weighted by atomic mass is 32.2. The zero-order valence-corrected chi connectivity index (χ0v) is 13.1. The molecule has 0 aliphatic rings. The van der Waals surface area contributed by atoms with E-state index in [1.54, 1.807) is 0 Å². The molecular weight excluding hydrogens is 240 g/mol. The van der Waals surface area contributed by atoms with Gasteiger partial charge in [-0.2, -0.15) is 0 Å². The molecule has 0 heterocycles. The average molecular weight is 272 g/mol. The zero-order chi connectivity index (χ0) is 13.5. The largest absolute Gasteiger partial charge is 0.396 e. The second kappa shape index (κ2) is 15.1. The van der Waals surface area contributed by atoms with Gasteiger partial charge in [0.25, 0.3) is 0 Å². The molecular formula is C16H32OS. The summed E-state index contributed by atoms with van der Waals surface area (Å²) < 4.78 is 0. The molecule has 0 saturated heterocycles. The van der Waals surface area contributed by atoms with Crippen LogP contribution in [0, 0.1) is 0 Å². The van der Waals surface area contributed by atoms with E-state index >= 15 is 0 Å². The zero-order valence-electron chi connectivity index (χ0n) is 12.3. The van der Waals surface area contributed by atoms with Gasteiger partial charge in [0.1, 0.15) is 0 Å². The summed E-state index contributed by atoms with van der Waals surface area (Å²) in [4.78, 5) is 1.13. The summed E-state index contributed by atoms with van der Waals surface area (Å²) in [6, 6.07) is 0. The summed E-state index contributed by atoms with van der Waals surface area (Å²) in [6.07, 6.45) is 14.7. The van der Waals surface area contributed by atoms with Crippen LogP contribution < -0.4 is 0 Å². The fourth-order valence-corrected chi connectivity index (χ4v) is 2.88. The van der Waals surface area contributed by atoms with Crippen LogP contribution in [0.3, 0.4) is 0 Å². The lowest BCUT2D eigenvalue weighted by Crippen LogP contribution is -1.87. The number of hydrogen-bond donors (Lipinski definition) is 1. The fraction of sp³-hybridized carbons (Fsp3) is 0.875. The van der Waals surface area contributed by atoms with Crippen LogP contribution in [0.15, 0.2) is 11.5 Å². The molecule has 2 heteroatoms. The summed E-state index contributed by atoms with van der Waals surface area (Å²) in [5.41, 5.74) is 0. The highest BCUT2D eigenvalue weighted by Gasteiger charge is 1.95. The Labute approximate surface area is 118 Å². The summed E-state index contributed by atoms with van der Waals surface area (Å²) >= 11 is 1.82. The van der Waals surface area contributed by atoms with Gasteiger partial charge in [-0.1, -0.05) is 71.3 Å². The van der Waals surface area contributed by atoms with Gasteiger partial charge in [0.15, 0.2) is 0 Å². The van der Waals surface area contributed by atoms with Crippen molar-refractivity contribution >= 4 is 11.8 Å². The Balaban J connectivity index is 3.01. The lowest BCUT2D eigenvalue weighted by atomic mass is 10.1. The van der Waals surface area contributed by atoms with E-state index in [9.17, 15) is 0 Å². The first kappa shape index (κ1) is 18.0. The van der Waals surface area contributed by atoms with Gasteiger partial charge in [0.05, 0.1) is 0 Å². The molecule has 0 aliphatic heterocycles. The lowest BCUT2D eigenvalue weighted by Gasteiger charge is -2.04. The highest BCUT2D eigenvalue weighted by Crippen LogP contribution is 2.19. The second-order valence-corrected chi connectivity index (χ2v) is 6.32. The van der Waals surface area contributed by atoms with E-state index in [4.69, 9.17) is 5.11 Å². The van der Waals surface area contributed by atoms with Crippen molar-refractivity contribution in [2.75, 3.05) is 12.4 Å². The highest BCUT2D eigenvalue weighted by molar-refractivity contribution is 8.03. The van der Waals surface area contributed by atoms with Gasteiger partial charge in [-0.05, 0) is 17.1 Å². The quantitative estimate of drug-likeness (QED) is 0.419. The van der Waals surface area contributed by atoms with Crippen LogP contribution >= 0.6 is 11.8 Å². The van der Waals surface area contributed by atoms with Crippen LogP contribution in [-0.2, 0) is 0 Å². The summed E-state index contributed by atoms with van der Waals surface area (Å²) in [5, 5.41) is 8.74. The Bertz CT molecular complexity index is 180. The van der Waals surface area contributed by atoms with E-state index < -0.39 is 0 Å². The van der Waals surface area contributed by atoms with E-state index in [1.165, 1.54) is 70.0 Å². The second-order valence-electron chi connectivity index (χ2n) is 5.04. The molecule has 0 saturated carbocycles. The first-order chi connectivity index (χ1) is 8.81. The van der Waals surface area contributed by atoms with E-state index in [0.29, 0.717) is 0 Å². The maximum Gasteiger partial charge on any atom is 0.0476 e. The Hall–Kier alpha value is 0.0500. The van der Waals surface area contributed by atoms with Crippen LogP contribution in [0.25, 0.3) is 0 Å². The predicted molar refractivity (Wildman–Crippen MR) is 85.1 cm³/mol. The molecule has 0 rings (SSSR count). The Morgan fingerprint density at radius 3 is 1.89 bits per heavy atom. The van der Waals surface area contributed by atoms with Gasteiger partial charge in [0, 0.05) is 13.0 Å². The standard InChI is InChI=1S/C16H32OS/c1-3-4-5-6-7-8-9-10-11-12-15-18-16(2)13-14-17/h17H,2-15H2,1H3. The molecule has 0 aromatic carbocycles. The van der Waals surface area contributed by atoms with Gasteiger partial charge in [-0.25, -0.2) is 0 Å². The van der Waals surface area contributed by atoms with Gasteiger partial charge in [-0.15, -0.1) is 11.8 Å². The van der Waals surface area contributed by atoms with Crippen molar-refractivity contribution in [2.24, 2.45) is 0 Å². The molecule has 108 valence electrons. The van der Waals surface area contributed by atoms with Crippen LogP contribution in [0.5, 0.6) is 0 Å². The Morgan fingerprint density at radius 1 is 0.889 bits per heavy atom. The third-order valence-electron chi connectivity index (χ3n) is 3.19. The number of thioether (sulfide) groups is 1. The van der Waals surface area contributed by atoms with E-state index in [1.807, 2.05) is 11.8 Å². The number of unbranched alkanes of at least 4 members (excludes halogenated alkanes) is 9. The fourth-order valence-electron chi connectivity index (χ4n) is 2.00. The number of aliphatic hydroxyl groups excluding tert-OH is 1. The number of aliphatic hydroxyl groups is 1. The van der Waals surface area contributed by atoms with Crippen LogP contribution in [0.2, 0.25) is 0 Å². The normalized spacial score (nSPS) is 10.8. The molecule has 0 spiro atoms. The maximum atomic E-state index is 8.74. The van der Waals surface area contributed by atoms with E-state index in [0.717, 1.165) is 11.3 Å². The van der Waals surface area contributed by atoms with E-state index in [2.05, 4.69) is 13.5 Å². The maximum absolute atomic E-state index is 8.74. The van der Waals surface area contributed by atoms with Crippen LogP contribution in [0.1, 0.15) is 77.6 Å². The summed E-state index contributed by atoms with van der Waals surface area (Å²) in [5.74, 6) is 1.18. The monoisotopic (exact) mass is 272 g/mol. The van der Waals surface area contributed by atoms with Crippen LogP contribution in [-0.4, -0.2) is 17.5 Å². The molecule has 0 aliphatic carbocycles. The molecule has 0 bridgehead atoms. The van der Waals surface area contributed by atoms with Crippen molar-refractivity contribution in [2.45, 2.75) is 77.6 Å². The molecule has 0 fully saturated rings. The Morgan fingerprint density at radius 2 is 1.39 bits per heavy atom. The molecule has 0 radical (unpaired) electrons. The van der Waals surface area contributed by atoms with Gasteiger partial charge in [0.2, 0.25) is 0 Å². The topological polar surface area (TPSA) is 20.2 Å². The van der Waals surface area contributed by atoms with Crippen molar-refractivity contribution in [3.05, 3.63) is 11.5 Å². The van der Waals surface area contributed by atoms with Gasteiger partial charge >= 0.3 is 0 Å². The third kappa shape index (κ3) is 14.1. The molecule has 0 unspecified atom stereocenters. The summed E-state index contributed by atoms with van der Waals surface area (Å²) in [7, 11) is 0. The van der Waals surface area contributed by atoms with Gasteiger partial charge in [-0.3, -0.25) is 0 Å². The van der Waals surface area contributed by atoms with Crippen molar-refractivity contribution in [1.29, 1.82) is 0 Å². The first-order valence-corrected chi connectivity index (χ1v) is 8.71. The average Bonchev–Trinajstić information content (AvgIpc) is 2.36. The van der Waals surface area contributed by atoms with Gasteiger partial charge < -0.3 is 5.11 Å². The minimum Gasteiger partial charge on any atom is -0.396 e. The van der Waals surface area contributed by atoms with Crippen molar-refractivity contribution < 1.29 is 5.11 Å². The van der Waals surface area contributed by atoms with Crippen LogP contribution in [0.4, 0.5) is 0 Å². The minimum absolute atomic E-state index is 0.240. The molecule has 0 amide bonds. The van der Waals surface area contributed by atoms with E-state index in [-0.39, 0.29) is 6.61 Å². The SMILES string of the molecule is C=C(CCO)SCCCCCCCCCCCC. The molecule has 0 aromatic rings. The molecule has 1 N–H and O–H groups in total. The molecule has 0 atom stereocenters. The lowest BCUT2D eigenvalue weighted by molar-refractivity contribution is 0.302.